The van der Waals surface area contributed by atoms with Gasteiger partial charge in [0, 0.05) is 24.7 Å². The van der Waals surface area contributed by atoms with Gasteiger partial charge < -0.3 is 16.0 Å². The molecule has 0 aliphatic carbocycles. The number of nitro benzene ring substituents is 1. The van der Waals surface area contributed by atoms with Crippen LogP contribution in [0.25, 0.3) is 0 Å². The van der Waals surface area contributed by atoms with E-state index in [0.29, 0.717) is 10.7 Å². The number of anilines is 1. The summed E-state index contributed by atoms with van der Waals surface area (Å²) in [4.78, 5) is 34.2. The van der Waals surface area contributed by atoms with Crippen LogP contribution in [0.2, 0.25) is 10.0 Å². The molecule has 0 atom stereocenters. The van der Waals surface area contributed by atoms with Gasteiger partial charge in [0.1, 0.15) is 5.69 Å². The Labute approximate surface area is 165 Å². The van der Waals surface area contributed by atoms with Gasteiger partial charge in [-0.25, -0.2) is 0 Å². The summed E-state index contributed by atoms with van der Waals surface area (Å²) >= 11 is 11.6. The van der Waals surface area contributed by atoms with E-state index in [1.165, 1.54) is 24.3 Å². The lowest BCUT2D eigenvalue weighted by atomic mass is 10.2. The van der Waals surface area contributed by atoms with Crippen LogP contribution < -0.4 is 16.0 Å². The van der Waals surface area contributed by atoms with Gasteiger partial charge in [0.05, 0.1) is 21.5 Å². The summed E-state index contributed by atoms with van der Waals surface area (Å²) in [6.07, 6.45) is 0. The van der Waals surface area contributed by atoms with Gasteiger partial charge in [-0.15, -0.1) is 0 Å². The number of nitrogens with one attached hydrogen (secondary N) is 3. The summed E-state index contributed by atoms with van der Waals surface area (Å²) in [6.45, 7) is 0.301. The molecule has 0 spiro atoms. The van der Waals surface area contributed by atoms with Crippen molar-refractivity contribution in [1.82, 2.24) is 10.6 Å². The van der Waals surface area contributed by atoms with Crippen LogP contribution in [0, 0.1) is 10.1 Å². The van der Waals surface area contributed by atoms with Gasteiger partial charge in [0.25, 0.3) is 11.6 Å². The lowest BCUT2D eigenvalue weighted by Crippen LogP contribution is -2.38. The minimum atomic E-state index is -0.487. The SMILES string of the molecule is O=C(CNC(=O)c1ccc(Cl)c(Cl)c1)NCCNc1ccccc1[N+](=O)[O-]. The van der Waals surface area contributed by atoms with E-state index in [9.17, 15) is 19.7 Å². The molecule has 142 valence electrons. The summed E-state index contributed by atoms with van der Waals surface area (Å²) < 4.78 is 0. The monoisotopic (exact) mass is 410 g/mol. The Hall–Kier alpha value is -2.84. The molecule has 0 aromatic heterocycles. The number of para-hydroxylation sites is 2. The molecule has 0 saturated carbocycles. The van der Waals surface area contributed by atoms with Crippen LogP contribution in [0.1, 0.15) is 10.4 Å². The zero-order valence-corrected chi connectivity index (χ0v) is 15.5. The van der Waals surface area contributed by atoms with Gasteiger partial charge in [-0.2, -0.15) is 0 Å². The number of carbonyl (C=O) groups is 2. The third-order valence-electron chi connectivity index (χ3n) is 3.45. The molecule has 10 heteroatoms. The molecule has 0 saturated heterocycles. The molecular formula is C17H16Cl2N4O4. The zero-order chi connectivity index (χ0) is 19.8. The van der Waals surface area contributed by atoms with Crippen molar-refractivity contribution in [2.24, 2.45) is 0 Å². The molecule has 0 unspecified atom stereocenters. The fourth-order valence-electron chi connectivity index (χ4n) is 2.14. The van der Waals surface area contributed by atoms with Crippen LogP contribution in [-0.4, -0.2) is 36.4 Å². The Morgan fingerprint density at radius 3 is 2.44 bits per heavy atom. The Bertz CT molecular complexity index is 861. The fourth-order valence-corrected chi connectivity index (χ4v) is 2.44. The van der Waals surface area contributed by atoms with E-state index >= 15 is 0 Å². The number of carbonyl (C=O) groups excluding carboxylic acids is 2. The Morgan fingerprint density at radius 2 is 1.74 bits per heavy atom. The number of rotatable bonds is 8. The van der Waals surface area contributed by atoms with Crippen LogP contribution >= 0.6 is 23.2 Å². The lowest BCUT2D eigenvalue weighted by Gasteiger charge is -2.09. The highest BCUT2D eigenvalue weighted by Gasteiger charge is 2.12. The van der Waals surface area contributed by atoms with E-state index < -0.39 is 16.7 Å². The van der Waals surface area contributed by atoms with Crippen molar-refractivity contribution in [2.45, 2.75) is 0 Å². The maximum atomic E-state index is 12.0. The molecule has 0 radical (unpaired) electrons. The van der Waals surface area contributed by atoms with E-state index in [1.807, 2.05) is 0 Å². The summed E-state index contributed by atoms with van der Waals surface area (Å²) in [5, 5.41) is 19.4. The highest BCUT2D eigenvalue weighted by molar-refractivity contribution is 6.42. The number of benzene rings is 2. The lowest BCUT2D eigenvalue weighted by molar-refractivity contribution is -0.384. The van der Waals surface area contributed by atoms with Crippen LogP contribution in [-0.2, 0) is 4.79 Å². The second-order valence-electron chi connectivity index (χ2n) is 5.36. The summed E-state index contributed by atoms with van der Waals surface area (Å²) in [5.41, 5.74) is 0.609. The first-order valence-electron chi connectivity index (χ1n) is 7.85. The molecule has 3 N–H and O–H groups in total. The average molecular weight is 411 g/mol. The predicted molar refractivity (Wildman–Crippen MR) is 103 cm³/mol. The molecule has 2 aromatic carbocycles. The third kappa shape index (κ3) is 6.12. The maximum Gasteiger partial charge on any atom is 0.292 e. The molecule has 0 fully saturated rings. The highest BCUT2D eigenvalue weighted by Crippen LogP contribution is 2.23. The quantitative estimate of drug-likeness (QED) is 0.351. The first-order chi connectivity index (χ1) is 12.9. The largest absolute Gasteiger partial charge is 0.378 e. The molecule has 0 heterocycles. The molecule has 2 aromatic rings. The molecule has 0 bridgehead atoms. The van der Waals surface area contributed by atoms with Crippen LogP contribution in [0.5, 0.6) is 0 Å². The van der Waals surface area contributed by atoms with E-state index in [1.54, 1.807) is 18.2 Å². The number of hydrogen-bond acceptors (Lipinski definition) is 5. The van der Waals surface area contributed by atoms with E-state index in [4.69, 9.17) is 23.2 Å². The van der Waals surface area contributed by atoms with Gasteiger partial charge in [0.15, 0.2) is 0 Å². The third-order valence-corrected chi connectivity index (χ3v) is 4.19. The number of hydrogen-bond donors (Lipinski definition) is 3. The van der Waals surface area contributed by atoms with E-state index in [0.717, 1.165) is 0 Å². The maximum absolute atomic E-state index is 12.0. The average Bonchev–Trinajstić information content (AvgIpc) is 2.65. The van der Waals surface area contributed by atoms with E-state index in [2.05, 4.69) is 16.0 Å². The smallest absolute Gasteiger partial charge is 0.292 e. The Kier molecular flexibility index (Phi) is 7.39. The summed E-state index contributed by atoms with van der Waals surface area (Å²) in [7, 11) is 0. The van der Waals surface area contributed by atoms with Crippen molar-refractivity contribution in [3.8, 4) is 0 Å². The fraction of sp³-hybridized carbons (Fsp3) is 0.176. The van der Waals surface area contributed by atoms with Crippen molar-refractivity contribution < 1.29 is 14.5 Å². The van der Waals surface area contributed by atoms with Gasteiger partial charge in [-0.05, 0) is 24.3 Å². The number of nitrogens with zero attached hydrogens (tertiary/aromatic N) is 1. The molecule has 8 nitrogen and oxygen atoms in total. The van der Waals surface area contributed by atoms with Gasteiger partial charge >= 0.3 is 0 Å². The summed E-state index contributed by atoms with van der Waals surface area (Å²) in [6, 6.07) is 10.6. The standard InChI is InChI=1S/C17H16Cl2N4O4/c18-12-6-5-11(9-13(12)19)17(25)22-10-16(24)21-8-7-20-14-3-1-2-4-15(14)23(26)27/h1-6,9,20H,7-8,10H2,(H,21,24)(H,22,25). The molecule has 0 aliphatic heterocycles. The predicted octanol–water partition coefficient (Wildman–Crippen LogP) is 2.86. The Balaban J connectivity index is 1.73. The van der Waals surface area contributed by atoms with Crippen molar-refractivity contribution in [3.05, 3.63) is 68.2 Å². The second kappa shape index (κ2) is 9.75. The number of amides is 2. The van der Waals surface area contributed by atoms with Crippen LogP contribution in [0.3, 0.4) is 0 Å². The minimum absolute atomic E-state index is 0.0438. The molecule has 2 rings (SSSR count). The van der Waals surface area contributed by atoms with Crippen LogP contribution in [0.4, 0.5) is 11.4 Å². The number of nitro groups is 1. The van der Waals surface area contributed by atoms with Crippen LogP contribution in [0.15, 0.2) is 42.5 Å². The Morgan fingerprint density at radius 1 is 1.00 bits per heavy atom. The van der Waals surface area contributed by atoms with Gasteiger partial charge in [0.2, 0.25) is 5.91 Å². The molecule has 2 amide bonds. The minimum Gasteiger partial charge on any atom is -0.378 e. The molecular weight excluding hydrogens is 395 g/mol. The van der Waals surface area contributed by atoms with Gasteiger partial charge in [-0.3, -0.25) is 19.7 Å². The second-order valence-corrected chi connectivity index (χ2v) is 6.18. The summed E-state index contributed by atoms with van der Waals surface area (Å²) in [5.74, 6) is -0.852. The van der Waals surface area contributed by atoms with E-state index in [-0.39, 0.29) is 35.9 Å². The van der Waals surface area contributed by atoms with Crippen molar-refractivity contribution in [3.63, 3.8) is 0 Å². The van der Waals surface area contributed by atoms with Crippen molar-refractivity contribution >= 4 is 46.4 Å². The highest BCUT2D eigenvalue weighted by atomic mass is 35.5. The van der Waals surface area contributed by atoms with Crippen molar-refractivity contribution in [1.29, 1.82) is 0 Å². The van der Waals surface area contributed by atoms with Crippen molar-refractivity contribution in [2.75, 3.05) is 25.0 Å². The molecule has 27 heavy (non-hydrogen) atoms. The first-order valence-corrected chi connectivity index (χ1v) is 8.61. The first kappa shape index (κ1) is 20.5. The van der Waals surface area contributed by atoms with Gasteiger partial charge in [-0.1, -0.05) is 35.3 Å². The zero-order valence-electron chi connectivity index (χ0n) is 14.0. The topological polar surface area (TPSA) is 113 Å². The normalized spacial score (nSPS) is 10.1. The number of halogens is 2. The molecule has 0 aliphatic rings.